The quantitative estimate of drug-likeness (QED) is 0.881. The van der Waals surface area contributed by atoms with Crippen molar-refractivity contribution in [3.05, 3.63) is 29.8 Å². The van der Waals surface area contributed by atoms with Crippen molar-refractivity contribution in [2.24, 2.45) is 5.92 Å². The van der Waals surface area contributed by atoms with Crippen LogP contribution in [0, 0.1) is 5.92 Å². The molecule has 0 bridgehead atoms. The predicted molar refractivity (Wildman–Crippen MR) is 73.1 cm³/mol. The summed E-state index contributed by atoms with van der Waals surface area (Å²) in [4.78, 5) is 26.0. The number of rotatable bonds is 2. The van der Waals surface area contributed by atoms with Crippen molar-refractivity contribution in [1.82, 2.24) is 5.32 Å². The van der Waals surface area contributed by atoms with E-state index in [0.29, 0.717) is 11.5 Å². The number of para-hydroxylation sites is 1. The molecule has 0 unspecified atom stereocenters. The molecule has 2 aliphatic rings. The van der Waals surface area contributed by atoms with Crippen molar-refractivity contribution >= 4 is 17.5 Å². The van der Waals surface area contributed by atoms with Crippen molar-refractivity contribution in [2.75, 3.05) is 18.0 Å². The third-order valence-electron chi connectivity index (χ3n) is 4.06. The summed E-state index contributed by atoms with van der Waals surface area (Å²) in [7, 11) is 0. The molecule has 1 aliphatic carbocycles. The number of amides is 2. The van der Waals surface area contributed by atoms with Crippen LogP contribution in [-0.4, -0.2) is 24.9 Å². The Labute approximate surface area is 112 Å². The summed E-state index contributed by atoms with van der Waals surface area (Å²) in [6.45, 7) is 0.838. The second kappa shape index (κ2) is 5.03. The molecule has 4 heteroatoms. The van der Waals surface area contributed by atoms with E-state index in [0.717, 1.165) is 12.2 Å². The second-order valence-electron chi connectivity index (χ2n) is 5.35. The van der Waals surface area contributed by atoms with Gasteiger partial charge in [0, 0.05) is 6.54 Å². The van der Waals surface area contributed by atoms with E-state index in [1.54, 1.807) is 11.0 Å². The highest BCUT2D eigenvalue weighted by atomic mass is 16.2. The molecule has 0 atom stereocenters. The zero-order valence-corrected chi connectivity index (χ0v) is 10.9. The molecule has 1 N–H and O–H groups in total. The third-order valence-corrected chi connectivity index (χ3v) is 4.06. The van der Waals surface area contributed by atoms with E-state index in [2.05, 4.69) is 5.32 Å². The van der Waals surface area contributed by atoms with Crippen LogP contribution in [0.3, 0.4) is 0 Å². The molecule has 4 nitrogen and oxygen atoms in total. The maximum Gasteiger partial charge on any atom is 0.253 e. The maximum absolute atomic E-state index is 12.2. The Morgan fingerprint density at radius 1 is 1.16 bits per heavy atom. The first kappa shape index (κ1) is 12.2. The molecule has 1 aromatic rings. The first-order chi connectivity index (χ1) is 9.25. The molecule has 1 saturated carbocycles. The molecule has 1 fully saturated rings. The van der Waals surface area contributed by atoms with E-state index >= 15 is 0 Å². The zero-order chi connectivity index (χ0) is 13.2. The van der Waals surface area contributed by atoms with Crippen molar-refractivity contribution < 1.29 is 9.59 Å². The van der Waals surface area contributed by atoms with Gasteiger partial charge in [0.1, 0.15) is 0 Å². The van der Waals surface area contributed by atoms with Gasteiger partial charge in [0.15, 0.2) is 0 Å². The summed E-state index contributed by atoms with van der Waals surface area (Å²) in [5.41, 5.74) is 1.36. The van der Waals surface area contributed by atoms with Crippen LogP contribution in [0.15, 0.2) is 24.3 Å². The SMILES string of the molecule is O=C1NCC(=O)N(CC2CCCC2)c2ccccc21. The minimum absolute atomic E-state index is 0.00907. The Morgan fingerprint density at radius 2 is 1.89 bits per heavy atom. The normalized spacial score (nSPS) is 20.1. The van der Waals surface area contributed by atoms with Gasteiger partial charge in [-0.05, 0) is 30.9 Å². The highest BCUT2D eigenvalue weighted by molar-refractivity contribution is 6.09. The average molecular weight is 258 g/mol. The maximum atomic E-state index is 12.2. The number of hydrogen-bond acceptors (Lipinski definition) is 2. The zero-order valence-electron chi connectivity index (χ0n) is 10.9. The lowest BCUT2D eigenvalue weighted by atomic mass is 10.1. The average Bonchev–Trinajstić information content (AvgIpc) is 2.91. The van der Waals surface area contributed by atoms with Crippen LogP contribution in [-0.2, 0) is 4.79 Å². The molecule has 1 aliphatic heterocycles. The Kier molecular flexibility index (Phi) is 3.23. The van der Waals surface area contributed by atoms with Crippen LogP contribution >= 0.6 is 0 Å². The van der Waals surface area contributed by atoms with Crippen LogP contribution in [0.4, 0.5) is 5.69 Å². The molecule has 0 radical (unpaired) electrons. The number of nitrogens with one attached hydrogen (secondary N) is 1. The van der Waals surface area contributed by atoms with E-state index < -0.39 is 0 Å². The van der Waals surface area contributed by atoms with Crippen LogP contribution < -0.4 is 10.2 Å². The molecule has 1 aromatic carbocycles. The summed E-state index contributed by atoms with van der Waals surface area (Å²) < 4.78 is 0. The Bertz CT molecular complexity index is 507. The van der Waals surface area contributed by atoms with Gasteiger partial charge in [-0.3, -0.25) is 9.59 Å². The van der Waals surface area contributed by atoms with Crippen molar-refractivity contribution in [2.45, 2.75) is 25.7 Å². The largest absolute Gasteiger partial charge is 0.343 e. The lowest BCUT2D eigenvalue weighted by Crippen LogP contribution is -2.39. The van der Waals surface area contributed by atoms with Gasteiger partial charge >= 0.3 is 0 Å². The number of nitrogens with zero attached hydrogens (tertiary/aromatic N) is 1. The van der Waals surface area contributed by atoms with Gasteiger partial charge in [0.25, 0.3) is 5.91 Å². The molecular weight excluding hydrogens is 240 g/mol. The fourth-order valence-electron chi connectivity index (χ4n) is 3.03. The predicted octanol–water partition coefficient (Wildman–Crippen LogP) is 1.95. The van der Waals surface area contributed by atoms with E-state index in [9.17, 15) is 9.59 Å². The van der Waals surface area contributed by atoms with E-state index in [-0.39, 0.29) is 18.4 Å². The van der Waals surface area contributed by atoms with Crippen LogP contribution in [0.5, 0.6) is 0 Å². The molecule has 0 aromatic heterocycles. The molecule has 1 heterocycles. The summed E-state index contributed by atoms with van der Waals surface area (Å²) in [6, 6.07) is 7.37. The monoisotopic (exact) mass is 258 g/mol. The minimum Gasteiger partial charge on any atom is -0.343 e. The summed E-state index contributed by atoms with van der Waals surface area (Å²) in [5, 5.41) is 2.68. The summed E-state index contributed by atoms with van der Waals surface area (Å²) in [5.74, 6) is 0.410. The molecule has 0 spiro atoms. The van der Waals surface area contributed by atoms with Crippen LogP contribution in [0.25, 0.3) is 0 Å². The van der Waals surface area contributed by atoms with E-state index in [4.69, 9.17) is 0 Å². The van der Waals surface area contributed by atoms with Crippen molar-refractivity contribution in [3.8, 4) is 0 Å². The summed E-state index contributed by atoms with van der Waals surface area (Å²) >= 11 is 0. The third kappa shape index (κ3) is 2.35. The number of carbonyl (C=O) groups excluding carboxylic acids is 2. The molecule has 100 valence electrons. The van der Waals surface area contributed by atoms with Gasteiger partial charge in [-0.2, -0.15) is 0 Å². The smallest absolute Gasteiger partial charge is 0.253 e. The number of carbonyl (C=O) groups is 2. The lowest BCUT2D eigenvalue weighted by Gasteiger charge is -2.25. The van der Waals surface area contributed by atoms with Gasteiger partial charge in [-0.25, -0.2) is 0 Å². The second-order valence-corrected chi connectivity index (χ2v) is 5.35. The highest BCUT2D eigenvalue weighted by Gasteiger charge is 2.28. The highest BCUT2D eigenvalue weighted by Crippen LogP contribution is 2.29. The minimum atomic E-state index is -0.155. The molecular formula is C15H18N2O2. The first-order valence-electron chi connectivity index (χ1n) is 6.93. The molecule has 0 saturated heterocycles. The first-order valence-corrected chi connectivity index (χ1v) is 6.93. The number of fused-ring (bicyclic) bond motifs is 1. The summed E-state index contributed by atoms with van der Waals surface area (Å²) in [6.07, 6.45) is 4.89. The fraction of sp³-hybridized carbons (Fsp3) is 0.467. The van der Waals surface area contributed by atoms with E-state index in [1.807, 2.05) is 18.2 Å². The number of benzene rings is 1. The fourth-order valence-corrected chi connectivity index (χ4v) is 3.03. The standard InChI is InChI=1S/C15H18N2O2/c18-14-9-16-15(19)12-7-3-4-8-13(12)17(14)10-11-5-1-2-6-11/h3-4,7-8,11H,1-2,5-6,9-10H2,(H,16,19). The Balaban J connectivity index is 1.93. The van der Waals surface area contributed by atoms with Crippen molar-refractivity contribution in [3.63, 3.8) is 0 Å². The molecule has 3 rings (SSSR count). The van der Waals surface area contributed by atoms with Crippen LogP contribution in [0.1, 0.15) is 36.0 Å². The Hall–Kier alpha value is -1.84. The Morgan fingerprint density at radius 3 is 2.68 bits per heavy atom. The van der Waals surface area contributed by atoms with Gasteiger partial charge in [0.2, 0.25) is 5.91 Å². The molecule has 2 amide bonds. The van der Waals surface area contributed by atoms with Crippen LogP contribution in [0.2, 0.25) is 0 Å². The number of anilines is 1. The van der Waals surface area contributed by atoms with Gasteiger partial charge in [0.05, 0.1) is 17.8 Å². The molecule has 19 heavy (non-hydrogen) atoms. The van der Waals surface area contributed by atoms with Gasteiger partial charge in [-0.1, -0.05) is 25.0 Å². The topological polar surface area (TPSA) is 49.4 Å². The number of hydrogen-bond donors (Lipinski definition) is 1. The lowest BCUT2D eigenvalue weighted by molar-refractivity contribution is -0.117. The van der Waals surface area contributed by atoms with Crippen molar-refractivity contribution in [1.29, 1.82) is 0 Å². The van der Waals surface area contributed by atoms with E-state index in [1.165, 1.54) is 25.7 Å². The van der Waals surface area contributed by atoms with Gasteiger partial charge < -0.3 is 10.2 Å². The van der Waals surface area contributed by atoms with Gasteiger partial charge in [-0.15, -0.1) is 0 Å².